The minimum atomic E-state index is -0.418. The number of ether oxygens (including phenoxy) is 1. The standard InChI is InChI=1S/C27H35N3O3/c1-2-33-25-16-7-6-14-23(25)27(32)30-18-10-15-24(30)26(31)28-19-22-13-8-9-17-29(22)20-21-11-4-3-5-12-21/h3-7,11-12,14,16,22,24H,2,8-10,13,15,17-20H2,1H3,(H,28,31). The number of carbonyl (C=O) groups is 2. The first-order valence-electron chi connectivity index (χ1n) is 12.3. The van der Waals surface area contributed by atoms with Crippen molar-refractivity contribution in [1.82, 2.24) is 15.1 Å². The van der Waals surface area contributed by atoms with Crippen molar-refractivity contribution in [3.8, 4) is 5.75 Å². The van der Waals surface area contributed by atoms with Crippen molar-refractivity contribution >= 4 is 11.8 Å². The zero-order valence-corrected chi connectivity index (χ0v) is 19.5. The Balaban J connectivity index is 1.37. The van der Waals surface area contributed by atoms with E-state index in [4.69, 9.17) is 4.74 Å². The number of amides is 2. The second-order valence-corrected chi connectivity index (χ2v) is 8.94. The number of para-hydroxylation sites is 1. The van der Waals surface area contributed by atoms with Gasteiger partial charge in [0.15, 0.2) is 0 Å². The molecule has 2 aliphatic rings. The van der Waals surface area contributed by atoms with E-state index in [1.807, 2.05) is 31.2 Å². The normalized spacial score (nSPS) is 21.1. The number of piperidine rings is 1. The number of benzene rings is 2. The molecule has 2 aromatic rings. The summed E-state index contributed by atoms with van der Waals surface area (Å²) in [5.74, 6) is 0.412. The van der Waals surface area contributed by atoms with Gasteiger partial charge in [0.2, 0.25) is 5.91 Å². The van der Waals surface area contributed by atoms with E-state index in [1.165, 1.54) is 18.4 Å². The van der Waals surface area contributed by atoms with Crippen molar-refractivity contribution in [2.24, 2.45) is 0 Å². The van der Waals surface area contributed by atoms with Crippen molar-refractivity contribution in [2.45, 2.75) is 57.7 Å². The van der Waals surface area contributed by atoms with Crippen molar-refractivity contribution in [3.05, 3.63) is 65.7 Å². The summed E-state index contributed by atoms with van der Waals surface area (Å²) < 4.78 is 5.65. The number of likely N-dealkylation sites (tertiary alicyclic amines) is 2. The summed E-state index contributed by atoms with van der Waals surface area (Å²) in [4.78, 5) is 30.6. The van der Waals surface area contributed by atoms with Gasteiger partial charge in [-0.3, -0.25) is 14.5 Å². The molecular formula is C27H35N3O3. The molecular weight excluding hydrogens is 414 g/mol. The number of rotatable bonds is 8. The average Bonchev–Trinajstić information content (AvgIpc) is 3.34. The Morgan fingerprint density at radius 1 is 0.970 bits per heavy atom. The smallest absolute Gasteiger partial charge is 0.258 e. The average molecular weight is 450 g/mol. The lowest BCUT2D eigenvalue weighted by molar-refractivity contribution is -0.125. The van der Waals surface area contributed by atoms with Crippen LogP contribution in [0.5, 0.6) is 5.75 Å². The van der Waals surface area contributed by atoms with E-state index in [0.717, 1.165) is 25.9 Å². The third kappa shape index (κ3) is 5.74. The molecule has 2 unspecified atom stereocenters. The zero-order valence-electron chi connectivity index (χ0n) is 19.5. The van der Waals surface area contributed by atoms with Gasteiger partial charge in [0, 0.05) is 25.7 Å². The minimum Gasteiger partial charge on any atom is -0.493 e. The van der Waals surface area contributed by atoms with Gasteiger partial charge in [-0.2, -0.15) is 0 Å². The molecule has 33 heavy (non-hydrogen) atoms. The Bertz CT molecular complexity index is 933. The van der Waals surface area contributed by atoms with Crippen LogP contribution in [0, 0.1) is 0 Å². The van der Waals surface area contributed by atoms with E-state index in [0.29, 0.717) is 43.5 Å². The van der Waals surface area contributed by atoms with E-state index >= 15 is 0 Å². The highest BCUT2D eigenvalue weighted by Gasteiger charge is 2.36. The third-order valence-electron chi connectivity index (χ3n) is 6.72. The Morgan fingerprint density at radius 3 is 2.58 bits per heavy atom. The first-order chi connectivity index (χ1) is 16.2. The van der Waals surface area contributed by atoms with E-state index in [-0.39, 0.29) is 11.8 Å². The molecule has 0 saturated carbocycles. The summed E-state index contributed by atoms with van der Waals surface area (Å²) in [6.45, 7) is 5.58. The van der Waals surface area contributed by atoms with E-state index in [2.05, 4.69) is 34.5 Å². The van der Waals surface area contributed by atoms with Crippen LogP contribution in [0.3, 0.4) is 0 Å². The Hall–Kier alpha value is -2.86. The van der Waals surface area contributed by atoms with Crippen LogP contribution in [0.15, 0.2) is 54.6 Å². The maximum absolute atomic E-state index is 13.3. The Morgan fingerprint density at radius 2 is 1.76 bits per heavy atom. The van der Waals surface area contributed by atoms with Crippen molar-refractivity contribution < 1.29 is 14.3 Å². The van der Waals surface area contributed by atoms with E-state index in [1.54, 1.807) is 11.0 Å². The van der Waals surface area contributed by atoms with Gasteiger partial charge in [0.25, 0.3) is 5.91 Å². The van der Waals surface area contributed by atoms with Gasteiger partial charge < -0.3 is 15.0 Å². The fourth-order valence-electron chi connectivity index (χ4n) is 5.02. The molecule has 6 nitrogen and oxygen atoms in total. The summed E-state index contributed by atoms with van der Waals surface area (Å²) in [7, 11) is 0. The first kappa shape index (κ1) is 23.3. The van der Waals surface area contributed by atoms with Crippen LogP contribution in [-0.2, 0) is 11.3 Å². The molecule has 2 fully saturated rings. The second kappa shape index (κ2) is 11.3. The number of hydrogen-bond donors (Lipinski definition) is 1. The predicted octanol–water partition coefficient (Wildman–Crippen LogP) is 3.86. The molecule has 176 valence electrons. The Kier molecular flexibility index (Phi) is 8.00. The van der Waals surface area contributed by atoms with Crippen molar-refractivity contribution in [2.75, 3.05) is 26.2 Å². The molecule has 0 radical (unpaired) electrons. The van der Waals surface area contributed by atoms with Crippen LogP contribution < -0.4 is 10.1 Å². The maximum Gasteiger partial charge on any atom is 0.258 e. The largest absolute Gasteiger partial charge is 0.493 e. The Labute approximate surface area is 196 Å². The van der Waals surface area contributed by atoms with Crippen LogP contribution >= 0.6 is 0 Å². The molecule has 0 aromatic heterocycles. The highest BCUT2D eigenvalue weighted by atomic mass is 16.5. The van der Waals surface area contributed by atoms with Gasteiger partial charge in [0.05, 0.1) is 12.2 Å². The number of nitrogens with one attached hydrogen (secondary N) is 1. The van der Waals surface area contributed by atoms with E-state index < -0.39 is 6.04 Å². The molecule has 0 spiro atoms. The van der Waals surface area contributed by atoms with E-state index in [9.17, 15) is 9.59 Å². The lowest BCUT2D eigenvalue weighted by Crippen LogP contribution is -2.51. The molecule has 2 aromatic carbocycles. The zero-order chi connectivity index (χ0) is 23.0. The van der Waals surface area contributed by atoms with Crippen LogP contribution in [0.1, 0.15) is 54.9 Å². The quantitative estimate of drug-likeness (QED) is 0.665. The molecule has 6 heteroatoms. The highest BCUT2D eigenvalue weighted by Crippen LogP contribution is 2.26. The van der Waals surface area contributed by atoms with Crippen LogP contribution in [0.2, 0.25) is 0 Å². The molecule has 0 bridgehead atoms. The molecule has 1 N–H and O–H groups in total. The topological polar surface area (TPSA) is 61.9 Å². The number of nitrogens with zero attached hydrogens (tertiary/aromatic N) is 2. The highest BCUT2D eigenvalue weighted by molar-refractivity contribution is 6.00. The maximum atomic E-state index is 13.3. The monoisotopic (exact) mass is 449 g/mol. The van der Waals surface area contributed by atoms with Crippen LogP contribution in [-0.4, -0.2) is 59.9 Å². The third-order valence-corrected chi connectivity index (χ3v) is 6.72. The summed E-state index contributed by atoms with van der Waals surface area (Å²) >= 11 is 0. The fourth-order valence-corrected chi connectivity index (χ4v) is 5.02. The molecule has 2 heterocycles. The number of hydrogen-bond acceptors (Lipinski definition) is 4. The summed E-state index contributed by atoms with van der Waals surface area (Å²) in [6.07, 6.45) is 5.01. The summed E-state index contributed by atoms with van der Waals surface area (Å²) in [6, 6.07) is 17.7. The molecule has 2 atom stereocenters. The molecule has 2 aliphatic heterocycles. The molecule has 2 amide bonds. The summed E-state index contributed by atoms with van der Waals surface area (Å²) in [5, 5.41) is 3.18. The minimum absolute atomic E-state index is 0.0417. The van der Waals surface area contributed by atoms with Crippen LogP contribution in [0.4, 0.5) is 0 Å². The van der Waals surface area contributed by atoms with Gasteiger partial charge in [-0.05, 0) is 56.8 Å². The van der Waals surface area contributed by atoms with Gasteiger partial charge in [0.1, 0.15) is 11.8 Å². The molecule has 0 aliphatic carbocycles. The van der Waals surface area contributed by atoms with Crippen molar-refractivity contribution in [1.29, 1.82) is 0 Å². The van der Waals surface area contributed by atoms with Gasteiger partial charge in [-0.25, -0.2) is 0 Å². The fraction of sp³-hybridized carbons (Fsp3) is 0.481. The van der Waals surface area contributed by atoms with Gasteiger partial charge in [-0.1, -0.05) is 48.9 Å². The summed E-state index contributed by atoms with van der Waals surface area (Å²) in [5.41, 5.74) is 1.83. The SMILES string of the molecule is CCOc1ccccc1C(=O)N1CCCC1C(=O)NCC1CCCCN1Cc1ccccc1. The molecule has 4 rings (SSSR count). The van der Waals surface area contributed by atoms with Gasteiger partial charge in [-0.15, -0.1) is 0 Å². The van der Waals surface area contributed by atoms with Crippen LogP contribution in [0.25, 0.3) is 0 Å². The number of carbonyl (C=O) groups excluding carboxylic acids is 2. The lowest BCUT2D eigenvalue weighted by Gasteiger charge is -2.36. The van der Waals surface area contributed by atoms with Crippen molar-refractivity contribution in [3.63, 3.8) is 0 Å². The van der Waals surface area contributed by atoms with Gasteiger partial charge >= 0.3 is 0 Å². The first-order valence-corrected chi connectivity index (χ1v) is 12.3. The molecule has 2 saturated heterocycles. The predicted molar refractivity (Wildman–Crippen MR) is 129 cm³/mol. The second-order valence-electron chi connectivity index (χ2n) is 8.94. The lowest BCUT2D eigenvalue weighted by atomic mass is 10.0.